The minimum atomic E-state index is 0.373. The smallest absolute Gasteiger partial charge is 0.130 e. The Morgan fingerprint density at radius 1 is 1.60 bits per heavy atom. The molecule has 2 rings (SSSR count). The average Bonchev–Trinajstić information content (AvgIpc) is 2.63. The highest BCUT2D eigenvalue weighted by Gasteiger charge is 2.19. The Morgan fingerprint density at radius 2 is 2.33 bits per heavy atom. The van der Waals surface area contributed by atoms with Gasteiger partial charge in [-0.2, -0.15) is 5.10 Å². The van der Waals surface area contributed by atoms with Crippen LogP contribution >= 0.6 is 0 Å². The van der Waals surface area contributed by atoms with Crippen molar-refractivity contribution in [2.75, 3.05) is 26.0 Å². The lowest BCUT2D eigenvalue weighted by Crippen LogP contribution is -2.21. The van der Waals surface area contributed by atoms with Gasteiger partial charge in [-0.15, -0.1) is 0 Å². The first-order chi connectivity index (χ1) is 7.33. The third kappa shape index (κ3) is 2.02. The molecule has 5 heteroatoms. The molecule has 0 spiro atoms. The number of ether oxygens (including phenoxy) is 1. The predicted molar refractivity (Wildman–Crippen MR) is 59.2 cm³/mol. The van der Waals surface area contributed by atoms with E-state index in [4.69, 9.17) is 10.5 Å². The molecular weight excluding hydrogens is 192 g/mol. The Morgan fingerprint density at radius 3 is 3.00 bits per heavy atom. The van der Waals surface area contributed by atoms with Crippen LogP contribution in [-0.4, -0.2) is 36.3 Å². The molecule has 2 heterocycles. The Labute approximate surface area is 88.9 Å². The molecule has 0 radical (unpaired) electrons. The summed E-state index contributed by atoms with van der Waals surface area (Å²) in [6, 6.07) is 0.373. The molecule has 1 aliphatic rings. The van der Waals surface area contributed by atoms with Crippen LogP contribution in [0.15, 0.2) is 11.2 Å². The number of aliphatic imine (C=N–C) groups is 1. The molecule has 15 heavy (non-hydrogen) atoms. The van der Waals surface area contributed by atoms with E-state index in [0.717, 1.165) is 31.6 Å². The molecule has 1 aromatic heterocycles. The van der Waals surface area contributed by atoms with Crippen molar-refractivity contribution in [3.63, 3.8) is 0 Å². The molecule has 0 unspecified atom stereocenters. The van der Waals surface area contributed by atoms with Gasteiger partial charge in [0, 0.05) is 26.5 Å². The topological polar surface area (TPSA) is 65.4 Å². The second-order valence-corrected chi connectivity index (χ2v) is 3.66. The molecule has 0 bridgehead atoms. The summed E-state index contributed by atoms with van der Waals surface area (Å²) in [5.41, 5.74) is 6.88. The average molecular weight is 208 g/mol. The summed E-state index contributed by atoms with van der Waals surface area (Å²) >= 11 is 0. The van der Waals surface area contributed by atoms with Crippen molar-refractivity contribution in [3.05, 3.63) is 11.8 Å². The van der Waals surface area contributed by atoms with Crippen LogP contribution in [-0.2, 0) is 4.74 Å². The van der Waals surface area contributed by atoms with Crippen LogP contribution < -0.4 is 5.73 Å². The van der Waals surface area contributed by atoms with Gasteiger partial charge in [-0.25, -0.2) is 4.68 Å². The molecule has 1 saturated heterocycles. The molecule has 0 saturated carbocycles. The molecule has 2 N–H and O–H groups in total. The van der Waals surface area contributed by atoms with Gasteiger partial charge in [0.25, 0.3) is 0 Å². The van der Waals surface area contributed by atoms with Gasteiger partial charge in [0.2, 0.25) is 0 Å². The normalized spacial score (nSPS) is 18.7. The highest BCUT2D eigenvalue weighted by Crippen LogP contribution is 2.24. The number of hydrogen-bond donors (Lipinski definition) is 1. The molecule has 0 atom stereocenters. The van der Waals surface area contributed by atoms with E-state index in [0.29, 0.717) is 11.9 Å². The van der Waals surface area contributed by atoms with Crippen LogP contribution in [0.1, 0.15) is 24.4 Å². The zero-order chi connectivity index (χ0) is 10.7. The lowest BCUT2D eigenvalue weighted by molar-refractivity contribution is 0.0669. The number of aromatic nitrogens is 2. The lowest BCUT2D eigenvalue weighted by Gasteiger charge is -2.23. The Bertz CT molecular complexity index is 352. The van der Waals surface area contributed by atoms with Crippen molar-refractivity contribution in [1.29, 1.82) is 0 Å². The number of nitrogens with zero attached hydrogens (tertiary/aromatic N) is 3. The van der Waals surface area contributed by atoms with Crippen LogP contribution in [0.2, 0.25) is 0 Å². The van der Waals surface area contributed by atoms with Crippen molar-refractivity contribution >= 4 is 12.0 Å². The maximum atomic E-state index is 5.99. The standard InChI is InChI=1S/C10H16N4O/c1-12-6-8-7-13-14(10(8)11)9-2-4-15-5-3-9/h6-7,9H,2-5,11H2,1H3. The Balaban J connectivity index is 2.20. The third-order valence-electron chi connectivity index (χ3n) is 2.67. The van der Waals surface area contributed by atoms with Crippen LogP contribution in [0.25, 0.3) is 0 Å². The van der Waals surface area contributed by atoms with Gasteiger partial charge in [-0.3, -0.25) is 4.99 Å². The van der Waals surface area contributed by atoms with E-state index in [9.17, 15) is 0 Å². The van der Waals surface area contributed by atoms with Gasteiger partial charge in [-0.05, 0) is 12.8 Å². The molecular formula is C10H16N4O. The quantitative estimate of drug-likeness (QED) is 0.733. The summed E-state index contributed by atoms with van der Waals surface area (Å²) in [7, 11) is 1.73. The van der Waals surface area contributed by atoms with Gasteiger partial charge < -0.3 is 10.5 Å². The van der Waals surface area contributed by atoms with Gasteiger partial charge in [-0.1, -0.05) is 0 Å². The van der Waals surface area contributed by atoms with E-state index in [2.05, 4.69) is 10.1 Å². The summed E-state index contributed by atoms with van der Waals surface area (Å²) in [5, 5.41) is 4.30. The van der Waals surface area contributed by atoms with Gasteiger partial charge >= 0.3 is 0 Å². The summed E-state index contributed by atoms with van der Waals surface area (Å²) in [4.78, 5) is 3.94. The van der Waals surface area contributed by atoms with Crippen LogP contribution in [0.4, 0.5) is 5.82 Å². The Hall–Kier alpha value is -1.36. The fraction of sp³-hybridized carbons (Fsp3) is 0.600. The van der Waals surface area contributed by atoms with Crippen LogP contribution in [0.3, 0.4) is 0 Å². The molecule has 5 nitrogen and oxygen atoms in total. The largest absolute Gasteiger partial charge is 0.383 e. The molecule has 1 fully saturated rings. The minimum absolute atomic E-state index is 0.373. The first-order valence-electron chi connectivity index (χ1n) is 5.16. The Kier molecular flexibility index (Phi) is 3.01. The number of anilines is 1. The minimum Gasteiger partial charge on any atom is -0.383 e. The predicted octanol–water partition coefficient (Wildman–Crippen LogP) is 0.865. The summed E-state index contributed by atoms with van der Waals surface area (Å²) < 4.78 is 7.20. The summed E-state index contributed by atoms with van der Waals surface area (Å²) in [6.45, 7) is 1.59. The fourth-order valence-corrected chi connectivity index (χ4v) is 1.84. The zero-order valence-corrected chi connectivity index (χ0v) is 8.89. The fourth-order valence-electron chi connectivity index (χ4n) is 1.84. The second-order valence-electron chi connectivity index (χ2n) is 3.66. The number of hydrogen-bond acceptors (Lipinski definition) is 4. The van der Waals surface area contributed by atoms with E-state index < -0.39 is 0 Å². The molecule has 0 amide bonds. The molecule has 1 aromatic rings. The lowest BCUT2D eigenvalue weighted by atomic mass is 10.1. The monoisotopic (exact) mass is 208 g/mol. The van der Waals surface area contributed by atoms with E-state index in [1.807, 2.05) is 4.68 Å². The van der Waals surface area contributed by atoms with Crippen molar-refractivity contribution in [1.82, 2.24) is 9.78 Å². The number of nitrogens with two attached hydrogens (primary N) is 1. The SMILES string of the molecule is CN=Cc1cnn(C2CCOCC2)c1N. The van der Waals surface area contributed by atoms with Crippen LogP contribution in [0, 0.1) is 0 Å². The third-order valence-corrected chi connectivity index (χ3v) is 2.67. The molecule has 0 aromatic carbocycles. The molecule has 1 aliphatic heterocycles. The highest BCUT2D eigenvalue weighted by atomic mass is 16.5. The zero-order valence-electron chi connectivity index (χ0n) is 8.89. The van der Waals surface area contributed by atoms with Crippen LogP contribution in [0.5, 0.6) is 0 Å². The van der Waals surface area contributed by atoms with Crippen molar-refractivity contribution in [3.8, 4) is 0 Å². The van der Waals surface area contributed by atoms with Gasteiger partial charge in [0.1, 0.15) is 5.82 Å². The summed E-state index contributed by atoms with van der Waals surface area (Å²) in [5.74, 6) is 0.701. The van der Waals surface area contributed by atoms with E-state index in [1.165, 1.54) is 0 Å². The van der Waals surface area contributed by atoms with E-state index in [-0.39, 0.29) is 0 Å². The van der Waals surface area contributed by atoms with E-state index >= 15 is 0 Å². The first-order valence-corrected chi connectivity index (χ1v) is 5.16. The van der Waals surface area contributed by atoms with Gasteiger partial charge in [0.05, 0.1) is 17.8 Å². The number of rotatable bonds is 2. The second kappa shape index (κ2) is 4.44. The summed E-state index contributed by atoms with van der Waals surface area (Å²) in [6.07, 6.45) is 5.46. The maximum absolute atomic E-state index is 5.99. The number of nitrogen functional groups attached to an aromatic ring is 1. The van der Waals surface area contributed by atoms with Gasteiger partial charge in [0.15, 0.2) is 0 Å². The highest BCUT2D eigenvalue weighted by molar-refractivity contribution is 5.85. The molecule has 0 aliphatic carbocycles. The van der Waals surface area contributed by atoms with Crippen molar-refractivity contribution in [2.24, 2.45) is 4.99 Å². The first kappa shape index (κ1) is 10.2. The maximum Gasteiger partial charge on any atom is 0.130 e. The van der Waals surface area contributed by atoms with Crippen molar-refractivity contribution < 1.29 is 4.74 Å². The molecule has 82 valence electrons. The van der Waals surface area contributed by atoms with E-state index in [1.54, 1.807) is 19.5 Å². The van der Waals surface area contributed by atoms with Crippen molar-refractivity contribution in [2.45, 2.75) is 18.9 Å².